The third-order valence-corrected chi connectivity index (χ3v) is 3.81. The number of aryl methyl sites for hydroxylation is 1. The molecule has 4 heteroatoms. The molecule has 1 atom stereocenters. The molecule has 1 aliphatic rings. The molecule has 3 N–H and O–H groups in total. The van der Waals surface area contributed by atoms with Crippen LogP contribution in [0.2, 0.25) is 0 Å². The van der Waals surface area contributed by atoms with Crippen LogP contribution in [0, 0.1) is 11.3 Å². The van der Waals surface area contributed by atoms with E-state index in [1.54, 1.807) is 0 Å². The van der Waals surface area contributed by atoms with Crippen molar-refractivity contribution in [1.82, 2.24) is 0 Å². The van der Waals surface area contributed by atoms with Crippen molar-refractivity contribution in [3.63, 3.8) is 0 Å². The smallest absolute Gasteiger partial charge is 0.308 e. The second-order valence-electron chi connectivity index (χ2n) is 5.36. The third kappa shape index (κ3) is 4.08. The Hall–Kier alpha value is -1.84. The molecule has 1 aliphatic heterocycles. The summed E-state index contributed by atoms with van der Waals surface area (Å²) in [6.45, 7) is 0.595. The quantitative estimate of drug-likeness (QED) is 0.362. The van der Waals surface area contributed by atoms with Crippen LogP contribution in [0.3, 0.4) is 0 Å². The van der Waals surface area contributed by atoms with Crippen LogP contribution in [0.1, 0.15) is 43.2 Å². The predicted molar refractivity (Wildman–Crippen MR) is 78.7 cm³/mol. The van der Waals surface area contributed by atoms with Gasteiger partial charge in [-0.1, -0.05) is 30.7 Å². The minimum Gasteiger partial charge on any atom is -0.465 e. The molecule has 0 aliphatic carbocycles. The zero-order chi connectivity index (χ0) is 14.4. The SMILES string of the molecule is N=C(N)c1ccc(CCCCC2CCCOC2=O)cc1. The Balaban J connectivity index is 1.70. The van der Waals surface area contributed by atoms with Crippen molar-refractivity contribution in [2.45, 2.75) is 38.5 Å². The minimum atomic E-state index is -0.0120. The molecule has 0 bridgehead atoms. The van der Waals surface area contributed by atoms with Crippen LogP contribution in [0.25, 0.3) is 0 Å². The van der Waals surface area contributed by atoms with E-state index >= 15 is 0 Å². The summed E-state index contributed by atoms with van der Waals surface area (Å²) >= 11 is 0. The van der Waals surface area contributed by atoms with Crippen molar-refractivity contribution >= 4 is 11.8 Å². The van der Waals surface area contributed by atoms with Gasteiger partial charge in [0.05, 0.1) is 12.5 Å². The van der Waals surface area contributed by atoms with Crippen molar-refractivity contribution < 1.29 is 9.53 Å². The number of hydrogen-bond donors (Lipinski definition) is 2. The van der Waals surface area contributed by atoms with Gasteiger partial charge in [-0.15, -0.1) is 0 Å². The Labute approximate surface area is 119 Å². The first kappa shape index (κ1) is 14.6. The van der Waals surface area contributed by atoms with E-state index in [1.807, 2.05) is 24.3 Å². The number of cyclic esters (lactones) is 1. The summed E-state index contributed by atoms with van der Waals surface area (Å²) < 4.78 is 5.07. The van der Waals surface area contributed by atoms with E-state index in [2.05, 4.69) is 0 Å². The molecule has 1 saturated heterocycles. The largest absolute Gasteiger partial charge is 0.465 e. The first-order chi connectivity index (χ1) is 9.66. The van der Waals surface area contributed by atoms with Gasteiger partial charge < -0.3 is 10.5 Å². The lowest BCUT2D eigenvalue weighted by molar-refractivity contribution is -0.153. The molecule has 0 saturated carbocycles. The van der Waals surface area contributed by atoms with Crippen LogP contribution >= 0.6 is 0 Å². The van der Waals surface area contributed by atoms with E-state index in [9.17, 15) is 4.79 Å². The monoisotopic (exact) mass is 274 g/mol. The van der Waals surface area contributed by atoms with Gasteiger partial charge >= 0.3 is 5.97 Å². The van der Waals surface area contributed by atoms with E-state index in [1.165, 1.54) is 5.56 Å². The number of hydrogen-bond acceptors (Lipinski definition) is 3. The highest BCUT2D eigenvalue weighted by Gasteiger charge is 2.22. The molecule has 0 spiro atoms. The van der Waals surface area contributed by atoms with Crippen molar-refractivity contribution in [3.05, 3.63) is 35.4 Å². The maximum absolute atomic E-state index is 11.5. The first-order valence-electron chi connectivity index (χ1n) is 7.27. The highest BCUT2D eigenvalue weighted by atomic mass is 16.5. The summed E-state index contributed by atoms with van der Waals surface area (Å²) in [6, 6.07) is 7.81. The average Bonchev–Trinajstić information content (AvgIpc) is 2.46. The zero-order valence-electron chi connectivity index (χ0n) is 11.7. The summed E-state index contributed by atoms with van der Waals surface area (Å²) in [5.74, 6) is 0.207. The Morgan fingerprint density at radius 1 is 1.30 bits per heavy atom. The van der Waals surface area contributed by atoms with Gasteiger partial charge in [-0.25, -0.2) is 0 Å². The van der Waals surface area contributed by atoms with Crippen molar-refractivity contribution in [2.24, 2.45) is 11.7 Å². The van der Waals surface area contributed by atoms with E-state index in [0.29, 0.717) is 6.61 Å². The summed E-state index contributed by atoms with van der Waals surface area (Å²) in [4.78, 5) is 11.5. The molecule has 2 rings (SSSR count). The molecule has 4 nitrogen and oxygen atoms in total. The molecule has 0 radical (unpaired) electrons. The number of amidine groups is 1. The summed E-state index contributed by atoms with van der Waals surface area (Å²) in [6.07, 6.45) is 6.04. The fourth-order valence-corrected chi connectivity index (χ4v) is 2.57. The number of nitrogens with two attached hydrogens (primary N) is 1. The standard InChI is InChI=1S/C16H22N2O2/c17-15(18)13-9-7-12(8-10-13)4-1-2-5-14-6-3-11-20-16(14)19/h7-10,14H,1-6,11H2,(H3,17,18). The maximum atomic E-state index is 11.5. The van der Waals surface area contributed by atoms with E-state index < -0.39 is 0 Å². The molecule has 1 unspecified atom stereocenters. The van der Waals surface area contributed by atoms with E-state index in [0.717, 1.165) is 44.1 Å². The highest BCUT2D eigenvalue weighted by molar-refractivity contribution is 5.94. The lowest BCUT2D eigenvalue weighted by atomic mass is 9.94. The average molecular weight is 274 g/mol. The lowest BCUT2D eigenvalue weighted by Crippen LogP contribution is -2.23. The van der Waals surface area contributed by atoms with Gasteiger partial charge in [-0.05, 0) is 37.7 Å². The van der Waals surface area contributed by atoms with Crippen LogP contribution in [0.5, 0.6) is 0 Å². The van der Waals surface area contributed by atoms with Gasteiger partial charge in [0.2, 0.25) is 0 Å². The number of nitrogen functional groups attached to an aromatic ring is 1. The van der Waals surface area contributed by atoms with Gasteiger partial charge in [-0.2, -0.15) is 0 Å². The lowest BCUT2D eigenvalue weighted by Gasteiger charge is -2.20. The fraction of sp³-hybridized carbons (Fsp3) is 0.500. The van der Waals surface area contributed by atoms with E-state index in [4.69, 9.17) is 15.9 Å². The van der Waals surface area contributed by atoms with Gasteiger partial charge in [-0.3, -0.25) is 10.2 Å². The number of benzene rings is 1. The molecular formula is C16H22N2O2. The molecule has 20 heavy (non-hydrogen) atoms. The van der Waals surface area contributed by atoms with Crippen molar-refractivity contribution in [1.29, 1.82) is 5.41 Å². The Morgan fingerprint density at radius 3 is 2.70 bits per heavy atom. The van der Waals surface area contributed by atoms with Gasteiger partial charge in [0.1, 0.15) is 5.84 Å². The molecule has 0 aromatic heterocycles. The normalized spacial score (nSPS) is 18.6. The summed E-state index contributed by atoms with van der Waals surface area (Å²) in [5, 5.41) is 7.34. The van der Waals surface area contributed by atoms with Crippen LogP contribution in [0.15, 0.2) is 24.3 Å². The number of ether oxygens (including phenoxy) is 1. The molecule has 1 fully saturated rings. The number of carbonyl (C=O) groups is 1. The Bertz CT molecular complexity index is 468. The zero-order valence-corrected chi connectivity index (χ0v) is 11.7. The first-order valence-corrected chi connectivity index (χ1v) is 7.27. The molecular weight excluding hydrogens is 252 g/mol. The molecule has 1 aromatic carbocycles. The minimum absolute atomic E-state index is 0.0120. The van der Waals surface area contributed by atoms with Crippen LogP contribution in [0.4, 0.5) is 0 Å². The second-order valence-corrected chi connectivity index (χ2v) is 5.36. The molecule has 1 aromatic rings. The second kappa shape index (κ2) is 7.08. The Morgan fingerprint density at radius 2 is 2.05 bits per heavy atom. The van der Waals surface area contributed by atoms with Gasteiger partial charge in [0, 0.05) is 5.56 Å². The molecule has 1 heterocycles. The van der Waals surface area contributed by atoms with E-state index in [-0.39, 0.29) is 17.7 Å². The summed E-state index contributed by atoms with van der Waals surface area (Å²) in [7, 11) is 0. The van der Waals surface area contributed by atoms with Crippen LogP contribution in [-0.2, 0) is 16.0 Å². The predicted octanol–water partition coefficient (Wildman–Crippen LogP) is 2.64. The van der Waals surface area contributed by atoms with Gasteiger partial charge in [0.25, 0.3) is 0 Å². The van der Waals surface area contributed by atoms with Gasteiger partial charge in [0.15, 0.2) is 0 Å². The van der Waals surface area contributed by atoms with Crippen molar-refractivity contribution in [3.8, 4) is 0 Å². The molecule has 108 valence electrons. The topological polar surface area (TPSA) is 76.2 Å². The number of unbranched alkanes of at least 4 members (excludes halogenated alkanes) is 1. The van der Waals surface area contributed by atoms with Crippen molar-refractivity contribution in [2.75, 3.05) is 6.61 Å². The fourth-order valence-electron chi connectivity index (χ4n) is 2.57. The Kier molecular flexibility index (Phi) is 5.16. The van der Waals surface area contributed by atoms with Crippen LogP contribution < -0.4 is 5.73 Å². The maximum Gasteiger partial charge on any atom is 0.308 e. The number of esters is 1. The van der Waals surface area contributed by atoms with Crippen LogP contribution in [-0.4, -0.2) is 18.4 Å². The number of carbonyl (C=O) groups excluding carboxylic acids is 1. The molecule has 0 amide bonds. The third-order valence-electron chi connectivity index (χ3n) is 3.81. The number of rotatable bonds is 6. The highest BCUT2D eigenvalue weighted by Crippen LogP contribution is 2.21. The summed E-state index contributed by atoms with van der Waals surface area (Å²) in [5.41, 5.74) is 7.43. The number of nitrogens with one attached hydrogen (secondary N) is 1.